The van der Waals surface area contributed by atoms with Gasteiger partial charge in [0.1, 0.15) is 10.7 Å². The molecule has 0 bridgehead atoms. The van der Waals surface area contributed by atoms with Crippen LogP contribution in [0.2, 0.25) is 10.0 Å². The molecule has 0 saturated heterocycles. The summed E-state index contributed by atoms with van der Waals surface area (Å²) >= 11 is 15.8. The van der Waals surface area contributed by atoms with Gasteiger partial charge in [0.15, 0.2) is 11.0 Å². The molecule has 2 aromatic heterocycles. The molecule has 0 N–H and O–H groups in total. The lowest BCUT2D eigenvalue weighted by atomic mass is 10.2. The molecule has 210 valence electrons. The number of amides is 1. The first-order valence-corrected chi connectivity index (χ1v) is 15.5. The van der Waals surface area contributed by atoms with Crippen molar-refractivity contribution >= 4 is 52.2 Å². The summed E-state index contributed by atoms with van der Waals surface area (Å²) in [6.07, 6.45) is 0. The molecule has 0 atom stereocenters. The van der Waals surface area contributed by atoms with Gasteiger partial charge in [-0.15, -0.1) is 21.5 Å². The summed E-state index contributed by atoms with van der Waals surface area (Å²) < 4.78 is 1.94. The monoisotopic (exact) mass is 622 g/mol. The van der Waals surface area contributed by atoms with E-state index in [0.29, 0.717) is 45.6 Å². The second-order valence-electron chi connectivity index (χ2n) is 9.53. The minimum atomic E-state index is -0.0775. The lowest BCUT2D eigenvalue weighted by molar-refractivity contribution is 0.0726. The normalized spacial score (nSPS) is 11.2. The smallest absolute Gasteiger partial charge is 0.273 e. The molecule has 0 radical (unpaired) electrons. The average molecular weight is 624 g/mol. The van der Waals surface area contributed by atoms with Crippen molar-refractivity contribution in [1.82, 2.24) is 29.5 Å². The maximum Gasteiger partial charge on any atom is 0.273 e. The number of halogens is 2. The summed E-state index contributed by atoms with van der Waals surface area (Å²) in [7, 11) is 4.01. The minimum absolute atomic E-state index is 0.0775. The van der Waals surface area contributed by atoms with E-state index in [0.717, 1.165) is 28.4 Å². The highest BCUT2D eigenvalue weighted by Gasteiger charge is 2.21. The number of likely N-dealkylation sites (N-methyl/N-ethyl adjacent to an activating group) is 1. The largest absolute Gasteiger partial charge is 0.332 e. The minimum Gasteiger partial charge on any atom is -0.332 e. The molecule has 2 heterocycles. The SMILES string of the molecule is CN(C)CCN(Cc1ccccc1)C(=O)c1csc(CSc2nnc(-c3ccccc3Cl)n2-c2cccc(Cl)c2)n1. The number of aromatic nitrogens is 4. The molecule has 5 rings (SSSR count). The van der Waals surface area contributed by atoms with Crippen LogP contribution in [0.25, 0.3) is 17.1 Å². The number of hydrogen-bond acceptors (Lipinski definition) is 7. The molecule has 0 unspecified atom stereocenters. The van der Waals surface area contributed by atoms with E-state index >= 15 is 0 Å². The summed E-state index contributed by atoms with van der Waals surface area (Å²) in [4.78, 5) is 22.1. The van der Waals surface area contributed by atoms with Gasteiger partial charge in [0.05, 0.1) is 16.5 Å². The number of thioether (sulfide) groups is 1. The number of nitrogens with zero attached hydrogens (tertiary/aromatic N) is 6. The highest BCUT2D eigenvalue weighted by Crippen LogP contribution is 2.34. The van der Waals surface area contributed by atoms with Crippen molar-refractivity contribution in [2.75, 3.05) is 27.2 Å². The van der Waals surface area contributed by atoms with Crippen molar-refractivity contribution in [2.45, 2.75) is 17.5 Å². The third kappa shape index (κ3) is 7.36. The molecule has 0 saturated carbocycles. The number of benzene rings is 3. The molecule has 3 aromatic carbocycles. The van der Waals surface area contributed by atoms with E-state index in [-0.39, 0.29) is 5.91 Å². The van der Waals surface area contributed by atoms with Crippen LogP contribution in [0, 0.1) is 0 Å². The van der Waals surface area contributed by atoms with Crippen molar-refractivity contribution in [3.63, 3.8) is 0 Å². The van der Waals surface area contributed by atoms with Crippen LogP contribution in [-0.2, 0) is 12.3 Å². The Morgan fingerprint density at radius 1 is 0.951 bits per heavy atom. The molecule has 0 fully saturated rings. The molecule has 41 heavy (non-hydrogen) atoms. The van der Waals surface area contributed by atoms with E-state index in [2.05, 4.69) is 15.1 Å². The Balaban J connectivity index is 1.37. The summed E-state index contributed by atoms with van der Waals surface area (Å²) in [6.45, 7) is 1.90. The molecular formula is C30H28Cl2N6OS2. The Kier molecular flexibility index (Phi) is 9.74. The first-order valence-electron chi connectivity index (χ1n) is 12.9. The molecule has 0 spiro atoms. The van der Waals surface area contributed by atoms with Gasteiger partial charge in [-0.25, -0.2) is 4.98 Å². The molecular weight excluding hydrogens is 595 g/mol. The van der Waals surface area contributed by atoms with Gasteiger partial charge in [0, 0.05) is 35.6 Å². The van der Waals surface area contributed by atoms with Crippen molar-refractivity contribution < 1.29 is 4.79 Å². The van der Waals surface area contributed by atoms with Crippen LogP contribution in [0.4, 0.5) is 0 Å². The van der Waals surface area contributed by atoms with Gasteiger partial charge in [0.2, 0.25) is 0 Å². The van der Waals surface area contributed by atoms with Crippen molar-refractivity contribution in [2.24, 2.45) is 0 Å². The number of carbonyl (C=O) groups excluding carboxylic acids is 1. The van der Waals surface area contributed by atoms with Gasteiger partial charge in [0.25, 0.3) is 5.91 Å². The van der Waals surface area contributed by atoms with E-state index in [1.54, 1.807) is 0 Å². The second-order valence-corrected chi connectivity index (χ2v) is 12.3. The van der Waals surface area contributed by atoms with Crippen LogP contribution in [0.3, 0.4) is 0 Å². The summed E-state index contributed by atoms with van der Waals surface area (Å²) in [6, 6.07) is 25.1. The molecule has 5 aromatic rings. The highest BCUT2D eigenvalue weighted by atomic mass is 35.5. The summed E-state index contributed by atoms with van der Waals surface area (Å²) in [5.41, 5.74) is 3.13. The van der Waals surface area contributed by atoms with Crippen molar-refractivity contribution in [3.05, 3.63) is 111 Å². The first kappa shape index (κ1) is 29.3. The predicted octanol–water partition coefficient (Wildman–Crippen LogP) is 7.19. The van der Waals surface area contributed by atoms with Gasteiger partial charge in [-0.1, -0.05) is 83.5 Å². The predicted molar refractivity (Wildman–Crippen MR) is 168 cm³/mol. The zero-order valence-corrected chi connectivity index (χ0v) is 25.7. The molecule has 1 amide bonds. The van der Waals surface area contributed by atoms with Crippen LogP contribution in [0.5, 0.6) is 0 Å². The van der Waals surface area contributed by atoms with Gasteiger partial charge in [-0.3, -0.25) is 9.36 Å². The fourth-order valence-corrected chi connectivity index (χ4v) is 6.31. The van der Waals surface area contributed by atoms with E-state index < -0.39 is 0 Å². The lowest BCUT2D eigenvalue weighted by Crippen LogP contribution is -2.36. The van der Waals surface area contributed by atoms with E-state index in [9.17, 15) is 4.79 Å². The van der Waals surface area contributed by atoms with E-state index in [1.165, 1.54) is 23.1 Å². The van der Waals surface area contributed by atoms with Crippen LogP contribution in [0.1, 0.15) is 21.1 Å². The summed E-state index contributed by atoms with van der Waals surface area (Å²) in [5.74, 6) is 1.06. The Bertz CT molecular complexity index is 1620. The van der Waals surface area contributed by atoms with Gasteiger partial charge >= 0.3 is 0 Å². The quantitative estimate of drug-likeness (QED) is 0.145. The van der Waals surface area contributed by atoms with Gasteiger partial charge in [-0.05, 0) is 50.0 Å². The first-order chi connectivity index (χ1) is 19.9. The number of carbonyl (C=O) groups is 1. The Morgan fingerprint density at radius 3 is 2.49 bits per heavy atom. The third-order valence-electron chi connectivity index (χ3n) is 6.23. The Morgan fingerprint density at radius 2 is 1.73 bits per heavy atom. The lowest BCUT2D eigenvalue weighted by Gasteiger charge is -2.24. The van der Waals surface area contributed by atoms with E-state index in [1.807, 2.05) is 108 Å². The van der Waals surface area contributed by atoms with E-state index in [4.69, 9.17) is 28.2 Å². The maximum atomic E-state index is 13.5. The van der Waals surface area contributed by atoms with Crippen LogP contribution < -0.4 is 0 Å². The fourth-order valence-electron chi connectivity index (χ4n) is 4.17. The molecule has 0 aliphatic carbocycles. The van der Waals surface area contributed by atoms with Gasteiger partial charge < -0.3 is 9.80 Å². The zero-order chi connectivity index (χ0) is 28.8. The Hall–Kier alpha value is -3.21. The van der Waals surface area contributed by atoms with Crippen LogP contribution in [0.15, 0.2) is 89.4 Å². The molecule has 7 nitrogen and oxygen atoms in total. The average Bonchev–Trinajstić information content (AvgIpc) is 3.62. The van der Waals surface area contributed by atoms with Crippen molar-refractivity contribution in [3.8, 4) is 17.1 Å². The third-order valence-corrected chi connectivity index (χ3v) is 8.77. The second kappa shape index (κ2) is 13.6. The number of thiazole rings is 1. The van der Waals surface area contributed by atoms with Crippen molar-refractivity contribution in [1.29, 1.82) is 0 Å². The standard InChI is InChI=1S/C30H28Cl2N6OS2/c1-36(2)15-16-37(18-21-9-4-3-5-10-21)29(39)26-19-40-27(33-26)20-41-30-35-34-28(24-13-6-7-14-25(24)32)38(30)23-12-8-11-22(31)17-23/h3-14,17,19H,15-16,18,20H2,1-2H3. The molecule has 0 aliphatic rings. The Labute approximate surface area is 257 Å². The number of hydrogen-bond donors (Lipinski definition) is 0. The van der Waals surface area contributed by atoms with Gasteiger partial charge in [-0.2, -0.15) is 0 Å². The summed E-state index contributed by atoms with van der Waals surface area (Å²) in [5, 5.41) is 13.5. The zero-order valence-electron chi connectivity index (χ0n) is 22.6. The fraction of sp³-hybridized carbons (Fsp3) is 0.200. The highest BCUT2D eigenvalue weighted by molar-refractivity contribution is 7.98. The number of rotatable bonds is 11. The maximum absolute atomic E-state index is 13.5. The molecule has 0 aliphatic heterocycles. The topological polar surface area (TPSA) is 67.2 Å². The molecule has 11 heteroatoms. The van der Waals surface area contributed by atoms with Crippen LogP contribution in [-0.4, -0.2) is 62.6 Å². The van der Waals surface area contributed by atoms with Crippen LogP contribution >= 0.6 is 46.3 Å².